The molecule has 1 aromatic heterocycles. The van der Waals surface area contributed by atoms with Crippen LogP contribution in [0.2, 0.25) is 0 Å². The summed E-state index contributed by atoms with van der Waals surface area (Å²) in [5.74, 6) is 0.863. The minimum atomic E-state index is -1.10. The largest absolute Gasteiger partial charge is 0.477 e. The van der Waals surface area contributed by atoms with Crippen molar-refractivity contribution in [2.24, 2.45) is 0 Å². The van der Waals surface area contributed by atoms with Gasteiger partial charge in [-0.3, -0.25) is 4.79 Å². The lowest BCUT2D eigenvalue weighted by Gasteiger charge is -2.24. The summed E-state index contributed by atoms with van der Waals surface area (Å²) in [7, 11) is 1.76. The summed E-state index contributed by atoms with van der Waals surface area (Å²) in [5.41, 5.74) is 0.351. The molecule has 0 saturated heterocycles. The van der Waals surface area contributed by atoms with Gasteiger partial charge >= 0.3 is 5.97 Å². The smallest absolute Gasteiger partial charge is 0.354 e. The van der Waals surface area contributed by atoms with Gasteiger partial charge in [0.15, 0.2) is 0 Å². The third kappa shape index (κ3) is 4.52. The normalized spacial score (nSPS) is 11.9. The molecule has 1 unspecified atom stereocenters. The lowest BCUT2D eigenvalue weighted by atomic mass is 10.2. The van der Waals surface area contributed by atoms with Gasteiger partial charge in [-0.2, -0.15) is 11.8 Å². The summed E-state index contributed by atoms with van der Waals surface area (Å²) in [5, 5.41) is 8.77. The fraction of sp³-hybridized carbons (Fsp3) is 0.500. The Morgan fingerprint density at radius 3 is 2.65 bits per heavy atom. The van der Waals surface area contributed by atoms with Crippen molar-refractivity contribution in [2.45, 2.75) is 26.3 Å². The zero-order valence-corrected chi connectivity index (χ0v) is 12.8. The zero-order valence-electron chi connectivity index (χ0n) is 12.0. The fourth-order valence-corrected chi connectivity index (χ4v) is 2.44. The fourth-order valence-electron chi connectivity index (χ4n) is 1.64. The summed E-state index contributed by atoms with van der Waals surface area (Å²) in [6.07, 6.45) is 2.25. The molecule has 1 atom stereocenters. The second-order valence-corrected chi connectivity index (χ2v) is 5.88. The van der Waals surface area contributed by atoms with E-state index in [4.69, 9.17) is 5.11 Å². The van der Waals surface area contributed by atoms with E-state index in [1.165, 1.54) is 18.3 Å². The highest BCUT2D eigenvalue weighted by atomic mass is 32.2. The Bertz CT molecular complexity index is 462. The monoisotopic (exact) mass is 296 g/mol. The van der Waals surface area contributed by atoms with Gasteiger partial charge < -0.3 is 10.0 Å². The van der Waals surface area contributed by atoms with Crippen LogP contribution < -0.4 is 0 Å². The molecule has 1 amide bonds. The van der Waals surface area contributed by atoms with Gasteiger partial charge in [0, 0.05) is 19.3 Å². The van der Waals surface area contributed by atoms with Crippen molar-refractivity contribution in [3.8, 4) is 0 Å². The first-order valence-electron chi connectivity index (χ1n) is 6.51. The molecule has 20 heavy (non-hydrogen) atoms. The van der Waals surface area contributed by atoms with Gasteiger partial charge in [0.2, 0.25) is 0 Å². The number of nitrogens with zero attached hydrogens (tertiary/aromatic N) is 2. The standard InChI is InChI=1S/C14H20N2O3S/c1-4-20-8-7-10(2)16(3)13(17)11-5-6-12(14(18)19)15-9-11/h5-6,9-10H,4,7-8H2,1-3H3,(H,18,19). The topological polar surface area (TPSA) is 70.5 Å². The molecular formula is C14H20N2O3S. The van der Waals surface area contributed by atoms with Crippen LogP contribution in [-0.4, -0.2) is 51.5 Å². The SMILES string of the molecule is CCSCCC(C)N(C)C(=O)c1ccc(C(=O)O)nc1. The molecular weight excluding hydrogens is 276 g/mol. The molecule has 0 bridgehead atoms. The molecule has 0 aliphatic rings. The Morgan fingerprint density at radius 1 is 1.45 bits per heavy atom. The van der Waals surface area contributed by atoms with Crippen LogP contribution in [0.25, 0.3) is 0 Å². The molecule has 0 radical (unpaired) electrons. The number of carboxylic acid groups (broad SMARTS) is 1. The van der Waals surface area contributed by atoms with E-state index in [0.717, 1.165) is 17.9 Å². The average molecular weight is 296 g/mol. The highest BCUT2D eigenvalue weighted by Gasteiger charge is 2.18. The third-order valence-electron chi connectivity index (χ3n) is 3.10. The summed E-state index contributed by atoms with van der Waals surface area (Å²) >= 11 is 1.85. The number of aromatic nitrogens is 1. The summed E-state index contributed by atoms with van der Waals surface area (Å²) in [6.45, 7) is 4.12. The van der Waals surface area contributed by atoms with Crippen LogP contribution in [0, 0.1) is 0 Å². The first-order chi connectivity index (χ1) is 9.47. The molecule has 6 heteroatoms. The lowest BCUT2D eigenvalue weighted by Crippen LogP contribution is -2.35. The Labute approximate surface area is 123 Å². The highest BCUT2D eigenvalue weighted by Crippen LogP contribution is 2.12. The van der Waals surface area contributed by atoms with Gasteiger partial charge in [0.25, 0.3) is 5.91 Å². The summed E-state index contributed by atoms with van der Waals surface area (Å²) < 4.78 is 0. The van der Waals surface area contributed by atoms with Gasteiger partial charge in [0.05, 0.1) is 5.56 Å². The Kier molecular flexibility index (Phi) is 6.51. The molecule has 0 spiro atoms. The molecule has 0 aliphatic heterocycles. The number of carboxylic acids is 1. The zero-order chi connectivity index (χ0) is 15.1. The first kappa shape index (κ1) is 16.5. The minimum absolute atomic E-state index is 0.0587. The number of hydrogen-bond donors (Lipinski definition) is 1. The molecule has 0 aromatic carbocycles. The van der Waals surface area contributed by atoms with Gasteiger partial charge in [-0.1, -0.05) is 6.92 Å². The maximum atomic E-state index is 12.2. The van der Waals surface area contributed by atoms with Crippen LogP contribution >= 0.6 is 11.8 Å². The molecule has 5 nitrogen and oxygen atoms in total. The quantitative estimate of drug-likeness (QED) is 0.782. The van der Waals surface area contributed by atoms with Crippen LogP contribution in [0.3, 0.4) is 0 Å². The third-order valence-corrected chi connectivity index (χ3v) is 4.03. The van der Waals surface area contributed by atoms with Crippen LogP contribution in [0.15, 0.2) is 18.3 Å². The second kappa shape index (κ2) is 7.89. The van der Waals surface area contributed by atoms with E-state index in [0.29, 0.717) is 5.56 Å². The van der Waals surface area contributed by atoms with E-state index in [9.17, 15) is 9.59 Å². The van der Waals surface area contributed by atoms with E-state index in [1.807, 2.05) is 18.7 Å². The predicted molar refractivity (Wildman–Crippen MR) is 80.4 cm³/mol. The van der Waals surface area contributed by atoms with Crippen molar-refractivity contribution in [1.29, 1.82) is 0 Å². The number of hydrogen-bond acceptors (Lipinski definition) is 4. The van der Waals surface area contributed by atoms with Crippen molar-refractivity contribution in [3.63, 3.8) is 0 Å². The van der Waals surface area contributed by atoms with Crippen molar-refractivity contribution >= 4 is 23.6 Å². The molecule has 1 rings (SSSR count). The van der Waals surface area contributed by atoms with E-state index < -0.39 is 5.97 Å². The minimum Gasteiger partial charge on any atom is -0.477 e. The molecule has 110 valence electrons. The first-order valence-corrected chi connectivity index (χ1v) is 7.67. The Hall–Kier alpha value is -1.56. The number of rotatable bonds is 7. The molecule has 1 heterocycles. The molecule has 1 aromatic rings. The van der Waals surface area contributed by atoms with Gasteiger partial charge in [0.1, 0.15) is 5.69 Å². The number of thioether (sulfide) groups is 1. The predicted octanol–water partition coefficient (Wildman–Crippen LogP) is 2.38. The Morgan fingerprint density at radius 2 is 2.15 bits per heavy atom. The summed E-state index contributed by atoms with van der Waals surface area (Å²) in [4.78, 5) is 28.4. The molecule has 1 N–H and O–H groups in total. The van der Waals surface area contributed by atoms with Gasteiger partial charge in [-0.05, 0) is 37.0 Å². The molecule has 0 saturated carbocycles. The van der Waals surface area contributed by atoms with Crippen LogP contribution in [0.4, 0.5) is 0 Å². The van der Waals surface area contributed by atoms with E-state index in [1.54, 1.807) is 11.9 Å². The summed E-state index contributed by atoms with van der Waals surface area (Å²) in [6, 6.07) is 2.99. The highest BCUT2D eigenvalue weighted by molar-refractivity contribution is 7.99. The maximum Gasteiger partial charge on any atom is 0.354 e. The van der Waals surface area contributed by atoms with Crippen LogP contribution in [-0.2, 0) is 0 Å². The Balaban J connectivity index is 2.66. The van der Waals surface area contributed by atoms with Crippen molar-refractivity contribution < 1.29 is 14.7 Å². The molecule has 0 aliphatic carbocycles. The average Bonchev–Trinajstić information content (AvgIpc) is 2.46. The van der Waals surface area contributed by atoms with Gasteiger partial charge in [-0.25, -0.2) is 9.78 Å². The van der Waals surface area contributed by atoms with Gasteiger partial charge in [-0.15, -0.1) is 0 Å². The number of amides is 1. The second-order valence-electron chi connectivity index (χ2n) is 4.49. The number of pyridine rings is 1. The van der Waals surface area contributed by atoms with Crippen molar-refractivity contribution in [3.05, 3.63) is 29.6 Å². The lowest BCUT2D eigenvalue weighted by molar-refractivity contribution is 0.0686. The van der Waals surface area contributed by atoms with E-state index in [-0.39, 0.29) is 17.6 Å². The van der Waals surface area contributed by atoms with Crippen LogP contribution in [0.5, 0.6) is 0 Å². The molecule has 0 fully saturated rings. The maximum absolute atomic E-state index is 12.2. The van der Waals surface area contributed by atoms with E-state index >= 15 is 0 Å². The number of carbonyl (C=O) groups excluding carboxylic acids is 1. The van der Waals surface area contributed by atoms with Crippen LogP contribution in [0.1, 0.15) is 41.1 Å². The number of carbonyl (C=O) groups is 2. The van der Waals surface area contributed by atoms with Crippen molar-refractivity contribution in [1.82, 2.24) is 9.88 Å². The van der Waals surface area contributed by atoms with E-state index in [2.05, 4.69) is 11.9 Å². The van der Waals surface area contributed by atoms with Crippen molar-refractivity contribution in [2.75, 3.05) is 18.6 Å². The number of aromatic carboxylic acids is 1.